The lowest BCUT2D eigenvalue weighted by Gasteiger charge is -2.38. The molecular formula is C31H29ClF2N6O5. The second kappa shape index (κ2) is 11.1. The van der Waals surface area contributed by atoms with E-state index in [0.717, 1.165) is 0 Å². The van der Waals surface area contributed by atoms with Crippen LogP contribution in [-0.2, 0) is 9.59 Å². The molecule has 45 heavy (non-hydrogen) atoms. The second-order valence-electron chi connectivity index (χ2n) is 11.6. The fourth-order valence-electron chi connectivity index (χ4n) is 6.66. The maximum absolute atomic E-state index is 14.0. The van der Waals surface area contributed by atoms with E-state index in [1.165, 1.54) is 4.90 Å². The van der Waals surface area contributed by atoms with Crippen molar-refractivity contribution >= 4 is 62.4 Å². The lowest BCUT2D eigenvalue weighted by molar-refractivity contribution is -0.138. The Hall–Kier alpha value is -4.52. The van der Waals surface area contributed by atoms with E-state index < -0.39 is 30.4 Å². The number of halogens is 3. The number of likely N-dealkylation sites (tertiary alicyclic amines) is 1. The minimum absolute atomic E-state index is 0.00864. The second-order valence-corrected chi connectivity index (χ2v) is 12.0. The molecule has 14 heteroatoms. The molecule has 11 nitrogen and oxygen atoms in total. The normalized spacial score (nSPS) is 22.3. The number of para-hydroxylation sites is 2. The highest BCUT2D eigenvalue weighted by Crippen LogP contribution is 2.41. The predicted octanol–water partition coefficient (Wildman–Crippen LogP) is 5.86. The Morgan fingerprint density at radius 3 is 2.64 bits per heavy atom. The number of ether oxygens (including phenoxy) is 1. The van der Waals surface area contributed by atoms with Crippen molar-refractivity contribution in [3.8, 4) is 6.01 Å². The van der Waals surface area contributed by atoms with Crippen molar-refractivity contribution < 1.29 is 32.6 Å². The molecule has 2 aromatic carbocycles. The van der Waals surface area contributed by atoms with Crippen LogP contribution in [-0.4, -0.2) is 73.2 Å². The molecule has 3 aromatic heterocycles. The molecule has 0 radical (unpaired) electrons. The van der Waals surface area contributed by atoms with Crippen LogP contribution in [0.2, 0.25) is 5.02 Å². The maximum Gasteiger partial charge on any atom is 0.326 e. The van der Waals surface area contributed by atoms with Gasteiger partial charge in [0.15, 0.2) is 17.2 Å². The van der Waals surface area contributed by atoms with E-state index in [1.807, 2.05) is 15.5 Å². The topological polar surface area (TPSA) is 127 Å². The average molecular weight is 639 g/mol. The lowest BCUT2D eigenvalue weighted by atomic mass is 9.93. The van der Waals surface area contributed by atoms with Gasteiger partial charge in [0.05, 0.1) is 22.6 Å². The number of fused-ring (bicyclic) bond motifs is 4. The first-order chi connectivity index (χ1) is 21.6. The van der Waals surface area contributed by atoms with Crippen LogP contribution in [0.4, 0.5) is 14.6 Å². The van der Waals surface area contributed by atoms with Crippen LogP contribution in [0.1, 0.15) is 45.0 Å². The molecule has 234 valence electrons. The van der Waals surface area contributed by atoms with Gasteiger partial charge in [-0.25, -0.2) is 23.5 Å². The summed E-state index contributed by atoms with van der Waals surface area (Å²) in [6.07, 6.45) is -3.01. The molecule has 0 bridgehead atoms. The number of carboxylic acid groups (broad SMARTS) is 1. The fraction of sp³-hybridized carbons (Fsp3) is 0.387. The van der Waals surface area contributed by atoms with Crippen molar-refractivity contribution in [2.24, 2.45) is 5.92 Å². The van der Waals surface area contributed by atoms with Gasteiger partial charge in [0.1, 0.15) is 23.2 Å². The zero-order chi connectivity index (χ0) is 31.6. The Morgan fingerprint density at radius 2 is 1.91 bits per heavy atom. The minimum atomic E-state index is -2.99. The van der Waals surface area contributed by atoms with Gasteiger partial charge in [0, 0.05) is 37.9 Å². The van der Waals surface area contributed by atoms with E-state index in [2.05, 4.69) is 16.9 Å². The Morgan fingerprint density at radius 1 is 1.11 bits per heavy atom. The largest absolute Gasteiger partial charge is 0.480 e. The van der Waals surface area contributed by atoms with Crippen LogP contribution in [0, 0.1) is 5.92 Å². The van der Waals surface area contributed by atoms with Gasteiger partial charge in [-0.1, -0.05) is 36.7 Å². The first kappa shape index (κ1) is 29.2. The van der Waals surface area contributed by atoms with Crippen LogP contribution in [0.3, 0.4) is 0 Å². The summed E-state index contributed by atoms with van der Waals surface area (Å²) in [5.41, 5.74) is 2.03. The number of rotatable bonds is 6. The number of hydrogen-bond donors (Lipinski definition) is 1. The van der Waals surface area contributed by atoms with Gasteiger partial charge in [-0.05, 0) is 36.6 Å². The molecule has 1 N–H and O–H groups in total. The van der Waals surface area contributed by atoms with Crippen LogP contribution in [0.25, 0.3) is 33.1 Å². The number of anilines is 1. The van der Waals surface area contributed by atoms with Crippen LogP contribution < -0.4 is 9.64 Å². The fourth-order valence-corrected chi connectivity index (χ4v) is 6.92. The number of amides is 1. The van der Waals surface area contributed by atoms with Crippen molar-refractivity contribution in [3.63, 3.8) is 0 Å². The quantitative estimate of drug-likeness (QED) is 0.243. The monoisotopic (exact) mass is 638 g/mol. The number of hydrogen-bond acceptors (Lipinski definition) is 8. The maximum atomic E-state index is 14.0. The van der Waals surface area contributed by atoms with Gasteiger partial charge in [-0.2, -0.15) is 4.98 Å². The summed E-state index contributed by atoms with van der Waals surface area (Å²) >= 11 is 6.68. The third-order valence-corrected chi connectivity index (χ3v) is 9.08. The number of aliphatic carboxylic acids is 1. The summed E-state index contributed by atoms with van der Waals surface area (Å²) in [5.74, 6) is -1.87. The first-order valence-electron chi connectivity index (χ1n) is 14.7. The smallest absolute Gasteiger partial charge is 0.326 e. The summed E-state index contributed by atoms with van der Waals surface area (Å²) in [6.45, 7) is 4.72. The summed E-state index contributed by atoms with van der Waals surface area (Å²) in [5, 5.41) is 11.3. The number of furan rings is 1. The Labute approximate surface area is 260 Å². The highest BCUT2D eigenvalue weighted by Gasteiger charge is 2.42. The molecule has 5 aromatic rings. The molecule has 0 spiro atoms. The molecule has 4 atom stereocenters. The zero-order valence-corrected chi connectivity index (χ0v) is 25.1. The van der Waals surface area contributed by atoms with E-state index >= 15 is 0 Å². The molecule has 2 aliphatic rings. The van der Waals surface area contributed by atoms with Gasteiger partial charge in [0.2, 0.25) is 5.91 Å². The van der Waals surface area contributed by atoms with Crippen LogP contribution in [0.15, 0.2) is 46.9 Å². The molecule has 0 aliphatic carbocycles. The molecule has 2 aliphatic heterocycles. The standard InChI is InChI=1S/C31H29ClF2N6O5/c1-15-13-38(16(2)41)11-10-21(15)40-25-19(32)7-5-8-20(25)35-31(40)44-17-12-22(30(42)43)39(14-17)29-26-24(36-28(37-29)27(33)34)18-6-3-4-9-23(18)45-26/h3-9,15,17,21-22,27H,10-14H2,1-2H3,(H,42,43)/t15-,17+,21-,22+/m1/s1. The zero-order valence-electron chi connectivity index (χ0n) is 24.4. The number of piperidine rings is 1. The molecule has 2 saturated heterocycles. The lowest BCUT2D eigenvalue weighted by Crippen LogP contribution is -2.42. The van der Waals surface area contributed by atoms with E-state index in [1.54, 1.807) is 43.3 Å². The highest BCUT2D eigenvalue weighted by atomic mass is 35.5. The van der Waals surface area contributed by atoms with Gasteiger partial charge in [-0.3, -0.25) is 9.36 Å². The minimum Gasteiger partial charge on any atom is -0.480 e. The highest BCUT2D eigenvalue weighted by molar-refractivity contribution is 6.35. The molecule has 1 amide bonds. The van der Waals surface area contributed by atoms with Gasteiger partial charge >= 0.3 is 5.97 Å². The third-order valence-electron chi connectivity index (χ3n) is 8.77. The Kier molecular flexibility index (Phi) is 7.22. The van der Waals surface area contributed by atoms with Crippen molar-refractivity contribution in [2.45, 2.75) is 51.3 Å². The Balaban J connectivity index is 1.28. The number of nitrogens with zero attached hydrogens (tertiary/aromatic N) is 6. The molecule has 0 unspecified atom stereocenters. The van der Waals surface area contributed by atoms with Crippen LogP contribution in [0.5, 0.6) is 6.01 Å². The number of benzene rings is 2. The van der Waals surface area contributed by atoms with Gasteiger partial charge in [0.25, 0.3) is 12.4 Å². The van der Waals surface area contributed by atoms with E-state index in [0.29, 0.717) is 46.5 Å². The summed E-state index contributed by atoms with van der Waals surface area (Å²) < 4.78 is 42.4. The molecule has 2 fully saturated rings. The number of imidazole rings is 1. The number of carbonyl (C=O) groups excluding carboxylic acids is 1. The Bertz CT molecular complexity index is 1960. The van der Waals surface area contributed by atoms with Crippen molar-refractivity contribution in [1.29, 1.82) is 0 Å². The first-order valence-corrected chi connectivity index (χ1v) is 15.0. The molecule has 0 saturated carbocycles. The number of aromatic nitrogens is 4. The van der Waals surface area contributed by atoms with E-state index in [-0.39, 0.29) is 53.8 Å². The van der Waals surface area contributed by atoms with E-state index in [9.17, 15) is 23.5 Å². The van der Waals surface area contributed by atoms with Crippen molar-refractivity contribution in [1.82, 2.24) is 24.4 Å². The number of alkyl halides is 2. The van der Waals surface area contributed by atoms with E-state index in [4.69, 9.17) is 25.7 Å². The average Bonchev–Trinajstić information content (AvgIpc) is 3.70. The van der Waals surface area contributed by atoms with Gasteiger partial charge in [-0.15, -0.1) is 0 Å². The molecule has 7 rings (SSSR count). The number of carbonyl (C=O) groups is 2. The van der Waals surface area contributed by atoms with Crippen LogP contribution >= 0.6 is 11.6 Å². The number of carboxylic acids is 1. The SMILES string of the molecule is CC(=O)N1CC[C@@H](n2c(O[C@H]3C[C@@H](C(=O)O)N(c4nc(C(F)F)nc5c4oc4ccccc45)C3)nc3cccc(Cl)c32)[C@H](C)C1. The van der Waals surface area contributed by atoms with Crippen molar-refractivity contribution in [3.05, 3.63) is 53.3 Å². The van der Waals surface area contributed by atoms with Crippen molar-refractivity contribution in [2.75, 3.05) is 24.5 Å². The summed E-state index contributed by atoms with van der Waals surface area (Å²) in [6, 6.07) is 11.3. The summed E-state index contributed by atoms with van der Waals surface area (Å²) in [7, 11) is 0. The van der Waals surface area contributed by atoms with Gasteiger partial charge < -0.3 is 24.1 Å². The molecule has 5 heterocycles. The summed E-state index contributed by atoms with van der Waals surface area (Å²) in [4.78, 5) is 40.8. The third kappa shape index (κ3) is 4.98. The molecular weight excluding hydrogens is 610 g/mol. The predicted molar refractivity (Wildman–Crippen MR) is 162 cm³/mol.